The minimum Gasteiger partial charge on any atom is -0.487 e. The monoisotopic (exact) mass is 292 g/mol. The van der Waals surface area contributed by atoms with Gasteiger partial charge < -0.3 is 10.1 Å². The number of benzene rings is 1. The summed E-state index contributed by atoms with van der Waals surface area (Å²) in [6.07, 6.45) is 1.07. The molecule has 0 saturated carbocycles. The molecular weight excluding hydrogens is 274 g/mol. The maximum atomic E-state index is 13.1. The van der Waals surface area contributed by atoms with E-state index in [1.54, 1.807) is 0 Å². The van der Waals surface area contributed by atoms with E-state index in [0.717, 1.165) is 36.5 Å². The van der Waals surface area contributed by atoms with Crippen molar-refractivity contribution in [2.45, 2.75) is 26.5 Å². The van der Waals surface area contributed by atoms with Gasteiger partial charge in [-0.15, -0.1) is 0 Å². The molecule has 2 rings (SSSR count). The highest BCUT2D eigenvalue weighted by Crippen LogP contribution is 2.16. The van der Waals surface area contributed by atoms with Crippen molar-refractivity contribution < 1.29 is 13.5 Å². The third-order valence-electron chi connectivity index (χ3n) is 2.88. The number of hydrogen-bond donors (Lipinski definition) is 1. The van der Waals surface area contributed by atoms with Gasteiger partial charge in [0.05, 0.1) is 11.4 Å². The van der Waals surface area contributed by atoms with E-state index in [2.05, 4.69) is 17.2 Å². The lowest BCUT2D eigenvalue weighted by atomic mass is 10.3. The first-order chi connectivity index (χ1) is 10.2. The Labute approximate surface area is 123 Å². The molecule has 0 unspecified atom stereocenters. The fourth-order valence-electron chi connectivity index (χ4n) is 1.83. The zero-order valence-electron chi connectivity index (χ0n) is 11.9. The van der Waals surface area contributed by atoms with Crippen LogP contribution in [0.1, 0.15) is 24.7 Å². The van der Waals surface area contributed by atoms with Crippen molar-refractivity contribution >= 4 is 0 Å². The molecule has 0 spiro atoms. The summed E-state index contributed by atoms with van der Waals surface area (Å²) in [5.74, 6) is -1.52. The standard InChI is InChI=1S/C16H18F2N2O/c1-2-8-19-10-12-4-3-5-13(20-12)11-21-14-6-7-15(17)16(18)9-14/h3-7,9,19H,2,8,10-11H2,1H3. The van der Waals surface area contributed by atoms with E-state index >= 15 is 0 Å². The van der Waals surface area contributed by atoms with E-state index in [1.165, 1.54) is 6.07 Å². The molecule has 21 heavy (non-hydrogen) atoms. The number of nitrogens with zero attached hydrogens (tertiary/aromatic N) is 1. The smallest absolute Gasteiger partial charge is 0.162 e. The molecule has 0 bridgehead atoms. The predicted octanol–water partition coefficient (Wildman–Crippen LogP) is 3.44. The van der Waals surface area contributed by atoms with E-state index in [1.807, 2.05) is 18.2 Å². The first kappa shape index (κ1) is 15.4. The fraction of sp³-hybridized carbons (Fsp3) is 0.312. The molecule has 0 saturated heterocycles. The van der Waals surface area contributed by atoms with Crippen LogP contribution in [0.4, 0.5) is 8.78 Å². The van der Waals surface area contributed by atoms with Crippen molar-refractivity contribution in [2.75, 3.05) is 6.54 Å². The number of hydrogen-bond acceptors (Lipinski definition) is 3. The van der Waals surface area contributed by atoms with E-state index in [9.17, 15) is 8.78 Å². The van der Waals surface area contributed by atoms with Crippen LogP contribution in [0, 0.1) is 11.6 Å². The Morgan fingerprint density at radius 3 is 2.67 bits per heavy atom. The van der Waals surface area contributed by atoms with Gasteiger partial charge in [0.15, 0.2) is 11.6 Å². The van der Waals surface area contributed by atoms with Crippen LogP contribution in [0.2, 0.25) is 0 Å². The van der Waals surface area contributed by atoms with E-state index < -0.39 is 11.6 Å². The minimum absolute atomic E-state index is 0.215. The number of rotatable bonds is 7. The van der Waals surface area contributed by atoms with Crippen molar-refractivity contribution in [1.29, 1.82) is 0 Å². The molecule has 1 N–H and O–H groups in total. The van der Waals surface area contributed by atoms with Crippen molar-refractivity contribution in [3.63, 3.8) is 0 Å². The van der Waals surface area contributed by atoms with Crippen LogP contribution in [-0.4, -0.2) is 11.5 Å². The zero-order valence-corrected chi connectivity index (χ0v) is 11.9. The average molecular weight is 292 g/mol. The normalized spacial score (nSPS) is 10.6. The predicted molar refractivity (Wildman–Crippen MR) is 76.9 cm³/mol. The molecule has 0 aliphatic heterocycles. The van der Waals surface area contributed by atoms with Gasteiger partial charge in [-0.25, -0.2) is 8.78 Å². The SMILES string of the molecule is CCCNCc1cccc(COc2ccc(F)c(F)c2)n1. The van der Waals surface area contributed by atoms with Crippen LogP contribution in [0.3, 0.4) is 0 Å². The first-order valence-electron chi connectivity index (χ1n) is 6.92. The second-order valence-corrected chi connectivity index (χ2v) is 4.66. The van der Waals surface area contributed by atoms with Gasteiger partial charge >= 0.3 is 0 Å². The van der Waals surface area contributed by atoms with Crippen molar-refractivity contribution in [3.8, 4) is 5.75 Å². The maximum absolute atomic E-state index is 13.1. The molecular formula is C16H18F2N2O. The molecule has 1 aromatic carbocycles. The average Bonchev–Trinajstić information content (AvgIpc) is 2.49. The van der Waals surface area contributed by atoms with Gasteiger partial charge in [0.2, 0.25) is 0 Å². The number of ether oxygens (including phenoxy) is 1. The summed E-state index contributed by atoms with van der Waals surface area (Å²) >= 11 is 0. The van der Waals surface area contributed by atoms with Gasteiger partial charge in [-0.3, -0.25) is 4.98 Å². The number of nitrogens with one attached hydrogen (secondary N) is 1. The summed E-state index contributed by atoms with van der Waals surface area (Å²) in [6.45, 7) is 3.96. The molecule has 2 aromatic rings. The summed E-state index contributed by atoms with van der Waals surface area (Å²) < 4.78 is 31.3. The quantitative estimate of drug-likeness (QED) is 0.794. The molecule has 0 atom stereocenters. The molecule has 0 fully saturated rings. The Morgan fingerprint density at radius 2 is 1.90 bits per heavy atom. The van der Waals surface area contributed by atoms with Gasteiger partial charge in [-0.1, -0.05) is 13.0 Å². The van der Waals surface area contributed by atoms with Crippen molar-refractivity contribution in [3.05, 3.63) is 59.4 Å². The molecule has 0 radical (unpaired) electrons. The second-order valence-electron chi connectivity index (χ2n) is 4.66. The fourth-order valence-corrected chi connectivity index (χ4v) is 1.83. The van der Waals surface area contributed by atoms with E-state index in [0.29, 0.717) is 6.54 Å². The third-order valence-corrected chi connectivity index (χ3v) is 2.88. The van der Waals surface area contributed by atoms with Crippen LogP contribution >= 0.6 is 0 Å². The molecule has 0 amide bonds. The van der Waals surface area contributed by atoms with Gasteiger partial charge in [0.25, 0.3) is 0 Å². The molecule has 112 valence electrons. The van der Waals surface area contributed by atoms with E-state index in [-0.39, 0.29) is 12.4 Å². The molecule has 0 aliphatic carbocycles. The highest BCUT2D eigenvalue weighted by Gasteiger charge is 2.04. The number of aromatic nitrogens is 1. The summed E-state index contributed by atoms with van der Waals surface area (Å²) in [7, 11) is 0. The van der Waals surface area contributed by atoms with Gasteiger partial charge in [-0.2, -0.15) is 0 Å². The van der Waals surface area contributed by atoms with Gasteiger partial charge in [-0.05, 0) is 37.2 Å². The topological polar surface area (TPSA) is 34.1 Å². The number of halogens is 2. The second kappa shape index (κ2) is 7.69. The maximum Gasteiger partial charge on any atom is 0.162 e. The molecule has 1 aromatic heterocycles. The molecule has 1 heterocycles. The summed E-state index contributed by atoms with van der Waals surface area (Å²) in [6, 6.07) is 9.14. The minimum atomic E-state index is -0.919. The Hall–Kier alpha value is -2.01. The highest BCUT2D eigenvalue weighted by molar-refractivity contribution is 5.24. The van der Waals surface area contributed by atoms with Crippen LogP contribution in [0.25, 0.3) is 0 Å². The lowest BCUT2D eigenvalue weighted by Gasteiger charge is -2.08. The molecule has 3 nitrogen and oxygen atoms in total. The van der Waals surface area contributed by atoms with Crippen molar-refractivity contribution in [2.24, 2.45) is 0 Å². The number of pyridine rings is 1. The lowest BCUT2D eigenvalue weighted by Crippen LogP contribution is -2.15. The highest BCUT2D eigenvalue weighted by atomic mass is 19.2. The first-order valence-corrected chi connectivity index (χ1v) is 6.92. The lowest BCUT2D eigenvalue weighted by molar-refractivity contribution is 0.298. The zero-order chi connectivity index (χ0) is 15.1. The largest absolute Gasteiger partial charge is 0.487 e. The third kappa shape index (κ3) is 4.79. The van der Waals surface area contributed by atoms with Gasteiger partial charge in [0, 0.05) is 12.6 Å². The van der Waals surface area contributed by atoms with Crippen LogP contribution in [-0.2, 0) is 13.2 Å². The van der Waals surface area contributed by atoms with Crippen LogP contribution in [0.5, 0.6) is 5.75 Å². The van der Waals surface area contributed by atoms with Crippen LogP contribution in [0.15, 0.2) is 36.4 Å². The Kier molecular flexibility index (Phi) is 5.63. The van der Waals surface area contributed by atoms with Gasteiger partial charge in [0.1, 0.15) is 12.4 Å². The molecule has 5 heteroatoms. The Morgan fingerprint density at radius 1 is 1.10 bits per heavy atom. The Bertz CT molecular complexity index is 590. The van der Waals surface area contributed by atoms with Crippen LogP contribution < -0.4 is 10.1 Å². The Balaban J connectivity index is 1.93. The van der Waals surface area contributed by atoms with E-state index in [4.69, 9.17) is 4.74 Å². The summed E-state index contributed by atoms with van der Waals surface area (Å²) in [4.78, 5) is 4.44. The van der Waals surface area contributed by atoms with Crippen molar-refractivity contribution in [1.82, 2.24) is 10.3 Å². The summed E-state index contributed by atoms with van der Waals surface area (Å²) in [5.41, 5.74) is 1.67. The summed E-state index contributed by atoms with van der Waals surface area (Å²) in [5, 5.41) is 3.27. The molecule has 0 aliphatic rings.